The van der Waals surface area contributed by atoms with Crippen molar-refractivity contribution >= 4 is 23.1 Å². The van der Waals surface area contributed by atoms with Gasteiger partial charge in [-0.1, -0.05) is 25.6 Å². The maximum atomic E-state index is 12.3. The first-order valence-corrected chi connectivity index (χ1v) is 6.76. The molecular weight excluding hydrogens is 276 g/mol. The molecule has 1 aromatic carbocycles. The lowest BCUT2D eigenvalue weighted by atomic mass is 10.1. The molecule has 1 rings (SSSR count). The summed E-state index contributed by atoms with van der Waals surface area (Å²) < 4.78 is 10.3. The van der Waals surface area contributed by atoms with Gasteiger partial charge in [0.25, 0.3) is 5.91 Å². The highest BCUT2D eigenvalue weighted by Gasteiger charge is 2.19. The number of carbonyl (C=O) groups excluding carboxylic acids is 1. The van der Waals surface area contributed by atoms with Crippen LogP contribution in [0, 0.1) is 0 Å². The lowest BCUT2D eigenvalue weighted by Crippen LogP contribution is -2.43. The van der Waals surface area contributed by atoms with Crippen LogP contribution in [-0.4, -0.2) is 31.2 Å². The summed E-state index contributed by atoms with van der Waals surface area (Å²) in [4.78, 5) is 12.6. The van der Waals surface area contributed by atoms with E-state index in [1.165, 1.54) is 7.11 Å². The molecule has 20 heavy (non-hydrogen) atoms. The van der Waals surface area contributed by atoms with Gasteiger partial charge in [0.05, 0.1) is 30.8 Å². The molecule has 0 saturated carbocycles. The van der Waals surface area contributed by atoms with Crippen molar-refractivity contribution in [1.82, 2.24) is 5.32 Å². The van der Waals surface area contributed by atoms with Gasteiger partial charge >= 0.3 is 0 Å². The predicted octanol–water partition coefficient (Wildman–Crippen LogP) is 1.89. The second kappa shape index (κ2) is 7.69. The highest BCUT2D eigenvalue weighted by molar-refractivity contribution is 7.80. The fourth-order valence-corrected chi connectivity index (χ4v) is 1.98. The number of rotatable bonds is 7. The minimum Gasteiger partial charge on any atom is -0.497 e. The van der Waals surface area contributed by atoms with Crippen LogP contribution >= 0.6 is 12.2 Å². The summed E-state index contributed by atoms with van der Waals surface area (Å²) in [5.41, 5.74) is 6.03. The number of ether oxygens (including phenoxy) is 2. The van der Waals surface area contributed by atoms with Gasteiger partial charge in [-0.25, -0.2) is 0 Å². The molecule has 0 radical (unpaired) electrons. The van der Waals surface area contributed by atoms with Crippen molar-refractivity contribution in [2.75, 3.05) is 14.2 Å². The molecule has 0 saturated heterocycles. The first-order valence-electron chi connectivity index (χ1n) is 6.35. The highest BCUT2D eigenvalue weighted by atomic mass is 32.1. The van der Waals surface area contributed by atoms with Crippen molar-refractivity contribution in [3.05, 3.63) is 23.8 Å². The Hall–Kier alpha value is -1.82. The molecule has 5 nitrogen and oxygen atoms in total. The minimum atomic E-state index is -0.321. The van der Waals surface area contributed by atoms with Crippen LogP contribution in [0.4, 0.5) is 0 Å². The number of hydrogen-bond acceptors (Lipinski definition) is 4. The third-order valence-electron chi connectivity index (χ3n) is 2.88. The van der Waals surface area contributed by atoms with E-state index in [-0.39, 0.29) is 16.9 Å². The maximum absolute atomic E-state index is 12.3. The molecule has 0 aliphatic carbocycles. The molecule has 110 valence electrons. The van der Waals surface area contributed by atoms with E-state index in [2.05, 4.69) is 5.32 Å². The Labute approximate surface area is 124 Å². The van der Waals surface area contributed by atoms with Crippen molar-refractivity contribution in [2.24, 2.45) is 5.73 Å². The smallest absolute Gasteiger partial charge is 0.255 e. The van der Waals surface area contributed by atoms with Crippen molar-refractivity contribution < 1.29 is 14.3 Å². The largest absolute Gasteiger partial charge is 0.497 e. The topological polar surface area (TPSA) is 73.6 Å². The molecular formula is C14H20N2O3S. The fourth-order valence-electron chi connectivity index (χ4n) is 1.80. The Kier molecular flexibility index (Phi) is 6.24. The van der Waals surface area contributed by atoms with E-state index in [0.717, 1.165) is 6.42 Å². The van der Waals surface area contributed by atoms with Gasteiger partial charge in [0.2, 0.25) is 0 Å². The monoisotopic (exact) mass is 296 g/mol. The van der Waals surface area contributed by atoms with Crippen LogP contribution in [0.3, 0.4) is 0 Å². The van der Waals surface area contributed by atoms with E-state index in [1.807, 2.05) is 6.92 Å². The van der Waals surface area contributed by atoms with Crippen LogP contribution in [0.1, 0.15) is 30.1 Å². The lowest BCUT2D eigenvalue weighted by Gasteiger charge is -2.18. The molecule has 1 aromatic rings. The Morgan fingerprint density at radius 1 is 1.40 bits per heavy atom. The molecule has 0 bridgehead atoms. The van der Waals surface area contributed by atoms with Gasteiger partial charge in [-0.2, -0.15) is 0 Å². The fraction of sp³-hybridized carbons (Fsp3) is 0.429. The van der Waals surface area contributed by atoms with Crippen LogP contribution in [0.5, 0.6) is 11.5 Å². The normalized spacial score (nSPS) is 11.6. The Bertz CT molecular complexity index is 491. The third-order valence-corrected chi connectivity index (χ3v) is 3.16. The lowest BCUT2D eigenvalue weighted by molar-refractivity contribution is 0.0942. The average molecular weight is 296 g/mol. The van der Waals surface area contributed by atoms with Gasteiger partial charge < -0.3 is 20.5 Å². The van der Waals surface area contributed by atoms with Gasteiger partial charge in [0, 0.05) is 0 Å². The van der Waals surface area contributed by atoms with Crippen LogP contribution < -0.4 is 20.5 Å². The molecule has 0 aliphatic rings. The zero-order chi connectivity index (χ0) is 15.1. The molecule has 0 fully saturated rings. The number of nitrogens with one attached hydrogen (secondary N) is 1. The summed E-state index contributed by atoms with van der Waals surface area (Å²) in [6.45, 7) is 2.00. The van der Waals surface area contributed by atoms with Crippen LogP contribution in [-0.2, 0) is 0 Å². The van der Waals surface area contributed by atoms with E-state index < -0.39 is 0 Å². The predicted molar refractivity (Wildman–Crippen MR) is 82.5 cm³/mol. The van der Waals surface area contributed by atoms with Gasteiger partial charge in [-0.15, -0.1) is 0 Å². The Morgan fingerprint density at radius 2 is 2.10 bits per heavy atom. The second-order valence-electron chi connectivity index (χ2n) is 4.28. The number of benzene rings is 1. The summed E-state index contributed by atoms with van der Waals surface area (Å²) in [6, 6.07) is 4.71. The summed E-state index contributed by atoms with van der Waals surface area (Å²) in [5, 5.41) is 2.82. The Morgan fingerprint density at radius 3 is 2.60 bits per heavy atom. The number of carbonyl (C=O) groups is 1. The molecule has 6 heteroatoms. The van der Waals surface area contributed by atoms with Gasteiger partial charge in [0.1, 0.15) is 11.5 Å². The molecule has 0 heterocycles. The van der Waals surface area contributed by atoms with Crippen LogP contribution in [0.25, 0.3) is 0 Å². The zero-order valence-electron chi connectivity index (χ0n) is 11.9. The minimum absolute atomic E-state index is 0.280. The van der Waals surface area contributed by atoms with Crippen LogP contribution in [0.15, 0.2) is 18.2 Å². The average Bonchev–Trinajstić information content (AvgIpc) is 2.45. The van der Waals surface area contributed by atoms with Crippen molar-refractivity contribution in [3.63, 3.8) is 0 Å². The molecule has 0 spiro atoms. The van der Waals surface area contributed by atoms with E-state index in [1.54, 1.807) is 25.3 Å². The summed E-state index contributed by atoms with van der Waals surface area (Å²) in [7, 11) is 3.05. The first kappa shape index (κ1) is 16.2. The molecule has 0 aliphatic heterocycles. The number of nitrogens with two attached hydrogens (primary N) is 1. The standard InChI is InChI=1S/C14H20N2O3S/c1-4-5-11(13(15)20)16-14(17)10-8-9(18-2)6-7-12(10)19-3/h6-8,11H,4-5H2,1-3H3,(H2,15,20)(H,16,17). The van der Waals surface area contributed by atoms with Gasteiger partial charge in [-0.3, -0.25) is 4.79 Å². The third kappa shape index (κ3) is 4.09. The number of amides is 1. The second-order valence-corrected chi connectivity index (χ2v) is 4.75. The molecule has 3 N–H and O–H groups in total. The molecule has 1 amide bonds. The zero-order valence-corrected chi connectivity index (χ0v) is 12.8. The molecule has 1 unspecified atom stereocenters. The van der Waals surface area contributed by atoms with E-state index in [0.29, 0.717) is 23.5 Å². The SMILES string of the molecule is CCCC(NC(=O)c1cc(OC)ccc1OC)C(N)=S. The van der Waals surface area contributed by atoms with E-state index in [9.17, 15) is 4.79 Å². The maximum Gasteiger partial charge on any atom is 0.255 e. The van der Waals surface area contributed by atoms with Crippen LogP contribution in [0.2, 0.25) is 0 Å². The van der Waals surface area contributed by atoms with Crippen molar-refractivity contribution in [1.29, 1.82) is 0 Å². The molecule has 1 atom stereocenters. The van der Waals surface area contributed by atoms with Gasteiger partial charge in [0.15, 0.2) is 0 Å². The highest BCUT2D eigenvalue weighted by Crippen LogP contribution is 2.24. The number of thiocarbonyl (C=S) groups is 1. The Balaban J connectivity index is 2.97. The quantitative estimate of drug-likeness (QED) is 0.752. The summed E-state index contributed by atoms with van der Waals surface area (Å²) >= 11 is 4.97. The summed E-state index contributed by atoms with van der Waals surface area (Å²) in [5.74, 6) is 0.770. The number of methoxy groups -OCH3 is 2. The van der Waals surface area contributed by atoms with E-state index in [4.69, 9.17) is 27.4 Å². The molecule has 0 aromatic heterocycles. The van der Waals surface area contributed by atoms with Crippen molar-refractivity contribution in [3.8, 4) is 11.5 Å². The van der Waals surface area contributed by atoms with Gasteiger partial charge in [-0.05, 0) is 24.6 Å². The van der Waals surface area contributed by atoms with E-state index >= 15 is 0 Å². The number of hydrogen-bond donors (Lipinski definition) is 2. The van der Waals surface area contributed by atoms with Crippen molar-refractivity contribution in [2.45, 2.75) is 25.8 Å². The summed E-state index contributed by atoms with van der Waals surface area (Å²) in [6.07, 6.45) is 1.57. The first-order chi connectivity index (χ1) is 9.53.